The molecule has 5 rings (SSSR count). The van der Waals surface area contributed by atoms with E-state index in [2.05, 4.69) is 51.2 Å². The zero-order valence-corrected chi connectivity index (χ0v) is 19.8. The van der Waals surface area contributed by atoms with E-state index >= 15 is 0 Å². The van der Waals surface area contributed by atoms with Gasteiger partial charge in [0, 0.05) is 0 Å². The van der Waals surface area contributed by atoms with E-state index in [1.807, 2.05) is 0 Å². The average Bonchev–Trinajstić information content (AvgIpc) is 2.82. The molecule has 2 aliphatic rings. The predicted octanol–water partition coefficient (Wildman–Crippen LogP) is 2.16. The van der Waals surface area contributed by atoms with E-state index in [0.29, 0.717) is 0 Å². The zero-order valence-electron chi connectivity index (χ0n) is 17.9. The zero-order chi connectivity index (χ0) is 21.0. The van der Waals surface area contributed by atoms with Crippen LogP contribution >= 0.6 is 0 Å². The monoisotopic (exact) mass is 478 g/mol. The molecule has 7 heteroatoms. The fraction of sp³-hybridized carbons (Fsp3) is 0.458. The van der Waals surface area contributed by atoms with Gasteiger partial charge in [-0.2, -0.15) is 0 Å². The number of rotatable bonds is 6. The molecular weight excluding hydrogens is 449 g/mol. The Morgan fingerprint density at radius 1 is 0.968 bits per heavy atom. The molecule has 6 nitrogen and oxygen atoms in total. The molecule has 31 heavy (non-hydrogen) atoms. The normalized spacial score (nSPS) is 17.5. The van der Waals surface area contributed by atoms with E-state index in [0.717, 1.165) is 84.4 Å². The molecule has 1 aliphatic carbocycles. The Labute approximate surface area is 189 Å². The molecule has 1 aliphatic heterocycles. The summed E-state index contributed by atoms with van der Waals surface area (Å²) >= 11 is -0.0536. The molecule has 3 heterocycles. The predicted molar refractivity (Wildman–Crippen MR) is 127 cm³/mol. The third-order valence-electron chi connectivity index (χ3n) is 6.35. The Morgan fingerprint density at radius 3 is 2.71 bits per heavy atom. The molecule has 1 aromatic carbocycles. The molecule has 0 amide bonds. The van der Waals surface area contributed by atoms with Gasteiger partial charge in [-0.3, -0.25) is 0 Å². The quantitative estimate of drug-likeness (QED) is 0.435. The standard InChI is InChI=1S/C24H29AsN5O/c31-23-19-7-2-4-9-21(19)27-24(28-23)25-12-5-13-29-14-16-30(17-15-29)22-11-10-18-6-1-3-8-20(18)26-22/h1,3,6,8,10-11H,2,4-5,7,9,12-17H2,(H,27,28,31). The summed E-state index contributed by atoms with van der Waals surface area (Å²) in [4.78, 5) is 29.9. The third kappa shape index (κ3) is 4.86. The van der Waals surface area contributed by atoms with Gasteiger partial charge in [-0.15, -0.1) is 0 Å². The topological polar surface area (TPSA) is 65.1 Å². The Balaban J connectivity index is 1.08. The van der Waals surface area contributed by atoms with Gasteiger partial charge in [-0.05, 0) is 0 Å². The Hall–Kier alpha value is -2.17. The van der Waals surface area contributed by atoms with Crippen molar-refractivity contribution in [2.45, 2.75) is 37.3 Å². The van der Waals surface area contributed by atoms with Gasteiger partial charge in [-0.25, -0.2) is 0 Å². The number of pyridine rings is 1. The maximum atomic E-state index is 12.3. The molecule has 161 valence electrons. The second kappa shape index (κ2) is 9.54. The van der Waals surface area contributed by atoms with Crippen molar-refractivity contribution >= 4 is 37.1 Å². The third-order valence-corrected chi connectivity index (χ3v) is 8.56. The van der Waals surface area contributed by atoms with Crippen LogP contribution < -0.4 is 15.1 Å². The molecule has 0 spiro atoms. The van der Waals surface area contributed by atoms with Crippen LogP contribution in [0.1, 0.15) is 30.5 Å². The molecule has 0 atom stereocenters. The summed E-state index contributed by atoms with van der Waals surface area (Å²) in [6.45, 7) is 5.35. The van der Waals surface area contributed by atoms with E-state index < -0.39 is 0 Å². The summed E-state index contributed by atoms with van der Waals surface area (Å²) in [6, 6.07) is 12.6. The first-order valence-electron chi connectivity index (χ1n) is 11.4. The van der Waals surface area contributed by atoms with Crippen molar-refractivity contribution in [3.63, 3.8) is 0 Å². The van der Waals surface area contributed by atoms with Crippen LogP contribution in [0.25, 0.3) is 10.9 Å². The first-order chi connectivity index (χ1) is 15.3. The Morgan fingerprint density at radius 2 is 1.81 bits per heavy atom. The van der Waals surface area contributed by atoms with Crippen molar-refractivity contribution in [2.75, 3.05) is 37.6 Å². The molecule has 2 aromatic heterocycles. The minimum absolute atomic E-state index is 0.0536. The van der Waals surface area contributed by atoms with Crippen LogP contribution in [0.3, 0.4) is 0 Å². The van der Waals surface area contributed by atoms with Crippen molar-refractivity contribution in [1.82, 2.24) is 19.9 Å². The molecule has 0 saturated carbocycles. The number of nitrogens with zero attached hydrogens (tertiary/aromatic N) is 4. The van der Waals surface area contributed by atoms with E-state index in [4.69, 9.17) is 9.97 Å². The maximum absolute atomic E-state index is 12.3. The van der Waals surface area contributed by atoms with Crippen LogP contribution in [0.2, 0.25) is 5.21 Å². The second-order valence-electron chi connectivity index (χ2n) is 8.45. The fourth-order valence-electron chi connectivity index (χ4n) is 4.58. The van der Waals surface area contributed by atoms with Crippen LogP contribution in [-0.4, -0.2) is 68.3 Å². The summed E-state index contributed by atoms with van der Waals surface area (Å²) in [5, 5.41) is 2.35. The molecule has 0 bridgehead atoms. The summed E-state index contributed by atoms with van der Waals surface area (Å²) in [5.74, 6) is 1.09. The number of hydrogen-bond acceptors (Lipinski definition) is 5. The average molecular weight is 478 g/mol. The van der Waals surface area contributed by atoms with Crippen LogP contribution in [0.4, 0.5) is 5.82 Å². The SMILES string of the molecule is O=c1[nH]c([As]CCCN2CCN(c3ccc4ccccc4n3)CC2)nc2c1CCCC2. The van der Waals surface area contributed by atoms with Gasteiger partial charge in [0.25, 0.3) is 0 Å². The van der Waals surface area contributed by atoms with E-state index in [-0.39, 0.29) is 21.3 Å². The van der Waals surface area contributed by atoms with Gasteiger partial charge in [0.05, 0.1) is 0 Å². The fourth-order valence-corrected chi connectivity index (χ4v) is 6.43. The number of fused-ring (bicyclic) bond motifs is 2. The van der Waals surface area contributed by atoms with Crippen LogP contribution in [0.15, 0.2) is 41.2 Å². The Kier molecular flexibility index (Phi) is 6.37. The first kappa shape index (κ1) is 20.7. The van der Waals surface area contributed by atoms with E-state index in [1.165, 1.54) is 18.2 Å². The minimum atomic E-state index is -0.0536. The van der Waals surface area contributed by atoms with Crippen LogP contribution in [0, 0.1) is 0 Å². The number of aryl methyl sites for hydroxylation is 1. The number of hydrogen-bond donors (Lipinski definition) is 1. The van der Waals surface area contributed by atoms with Crippen molar-refractivity contribution in [2.24, 2.45) is 0 Å². The summed E-state index contributed by atoms with van der Waals surface area (Å²) in [7, 11) is 0. The van der Waals surface area contributed by atoms with E-state index in [9.17, 15) is 4.79 Å². The molecule has 0 unspecified atom stereocenters. The van der Waals surface area contributed by atoms with Crippen molar-refractivity contribution in [1.29, 1.82) is 0 Å². The number of piperazine rings is 1. The summed E-state index contributed by atoms with van der Waals surface area (Å²) in [5.41, 5.74) is 3.20. The summed E-state index contributed by atoms with van der Waals surface area (Å²) in [6.07, 6.45) is 5.34. The summed E-state index contributed by atoms with van der Waals surface area (Å²) < 4.78 is 0.967. The van der Waals surface area contributed by atoms with Crippen molar-refractivity contribution < 1.29 is 0 Å². The number of H-pyrrole nitrogens is 1. The number of benzene rings is 1. The van der Waals surface area contributed by atoms with Gasteiger partial charge in [0.15, 0.2) is 0 Å². The molecule has 1 N–H and O–H groups in total. The van der Waals surface area contributed by atoms with Gasteiger partial charge in [0.1, 0.15) is 0 Å². The number of aromatic amines is 1. The number of anilines is 1. The van der Waals surface area contributed by atoms with Crippen molar-refractivity contribution in [3.05, 3.63) is 58.0 Å². The molecule has 3 aromatic rings. The van der Waals surface area contributed by atoms with Crippen LogP contribution in [-0.2, 0) is 12.8 Å². The van der Waals surface area contributed by atoms with E-state index in [1.54, 1.807) is 0 Å². The first-order valence-corrected chi connectivity index (χ1v) is 13.7. The van der Waals surface area contributed by atoms with Gasteiger partial charge < -0.3 is 0 Å². The molecular formula is C24H29AsN5O. The molecule has 1 radical (unpaired) electrons. The van der Waals surface area contributed by atoms with Crippen LogP contribution in [0.5, 0.6) is 0 Å². The molecule has 1 saturated heterocycles. The van der Waals surface area contributed by atoms with Gasteiger partial charge in [-0.1, -0.05) is 6.07 Å². The molecule has 1 fully saturated rings. The van der Waals surface area contributed by atoms with Gasteiger partial charge >= 0.3 is 184 Å². The number of aromatic nitrogens is 3. The number of nitrogens with one attached hydrogen (secondary N) is 1. The van der Waals surface area contributed by atoms with Gasteiger partial charge in [0.2, 0.25) is 0 Å². The number of para-hydroxylation sites is 1. The Bertz CT molecular complexity index is 1110. The van der Waals surface area contributed by atoms with Crippen molar-refractivity contribution in [3.8, 4) is 0 Å². The second-order valence-corrected chi connectivity index (χ2v) is 10.9.